The summed E-state index contributed by atoms with van der Waals surface area (Å²) in [6.07, 6.45) is 1.40. The van der Waals surface area contributed by atoms with Gasteiger partial charge in [-0.25, -0.2) is 4.79 Å². The van der Waals surface area contributed by atoms with Crippen molar-refractivity contribution < 1.29 is 19.1 Å². The number of nitrogens with zero attached hydrogens (tertiary/aromatic N) is 1. The fraction of sp³-hybridized carbons (Fsp3) is 0.263. The zero-order valence-corrected chi connectivity index (χ0v) is 15.1. The van der Waals surface area contributed by atoms with E-state index in [1.807, 2.05) is 20.8 Å². The van der Waals surface area contributed by atoms with Gasteiger partial charge in [0.15, 0.2) is 0 Å². The van der Waals surface area contributed by atoms with Crippen LogP contribution in [0.15, 0.2) is 42.6 Å². The third kappa shape index (κ3) is 5.14. The van der Waals surface area contributed by atoms with Crippen molar-refractivity contribution in [1.82, 2.24) is 10.3 Å². The molecule has 0 bridgehead atoms. The van der Waals surface area contributed by atoms with Gasteiger partial charge >= 0.3 is 5.97 Å². The maximum atomic E-state index is 12.4. The number of methoxy groups -OCH3 is 1. The van der Waals surface area contributed by atoms with Crippen LogP contribution in [-0.4, -0.2) is 35.4 Å². The molecule has 1 aromatic carbocycles. The molecule has 0 spiro atoms. The van der Waals surface area contributed by atoms with Crippen LogP contribution < -0.4 is 10.6 Å². The number of pyridine rings is 1. The highest BCUT2D eigenvalue weighted by molar-refractivity contribution is 6.06. The average Bonchev–Trinajstić information content (AvgIpc) is 2.60. The van der Waals surface area contributed by atoms with Crippen molar-refractivity contribution in [3.8, 4) is 0 Å². The molecule has 26 heavy (non-hydrogen) atoms. The fourth-order valence-corrected chi connectivity index (χ4v) is 2.15. The summed E-state index contributed by atoms with van der Waals surface area (Å²) in [6.45, 7) is 5.57. The Labute approximate surface area is 151 Å². The van der Waals surface area contributed by atoms with Crippen LogP contribution in [-0.2, 0) is 4.74 Å². The SMILES string of the molecule is COC(=O)c1cccc(NC(=O)c2ccnc(C(=O)NC(C)(C)C)c2)c1. The van der Waals surface area contributed by atoms with Crippen molar-refractivity contribution in [3.63, 3.8) is 0 Å². The first kappa shape index (κ1) is 19.1. The zero-order chi connectivity index (χ0) is 19.3. The maximum Gasteiger partial charge on any atom is 0.337 e. The van der Waals surface area contributed by atoms with Gasteiger partial charge in [-0.05, 0) is 51.1 Å². The summed E-state index contributed by atoms with van der Waals surface area (Å²) in [5.41, 5.74) is 0.782. The standard InChI is InChI=1S/C19H21N3O4/c1-19(2,3)22-17(24)15-11-12(8-9-20-15)16(23)21-14-7-5-6-13(10-14)18(25)26-4/h5-11H,1-4H3,(H,21,23)(H,22,24). The lowest BCUT2D eigenvalue weighted by atomic mass is 10.1. The van der Waals surface area contributed by atoms with Gasteiger partial charge in [0.05, 0.1) is 12.7 Å². The molecule has 7 nitrogen and oxygen atoms in total. The number of hydrogen-bond donors (Lipinski definition) is 2. The van der Waals surface area contributed by atoms with Crippen molar-refractivity contribution >= 4 is 23.5 Å². The summed E-state index contributed by atoms with van der Waals surface area (Å²) in [7, 11) is 1.29. The number of aromatic nitrogens is 1. The number of rotatable bonds is 4. The third-order valence-electron chi connectivity index (χ3n) is 3.28. The second-order valence-corrected chi connectivity index (χ2v) is 6.66. The Balaban J connectivity index is 2.17. The summed E-state index contributed by atoms with van der Waals surface area (Å²) >= 11 is 0. The van der Waals surface area contributed by atoms with E-state index in [2.05, 4.69) is 20.4 Å². The van der Waals surface area contributed by atoms with E-state index in [-0.39, 0.29) is 17.2 Å². The van der Waals surface area contributed by atoms with Crippen LogP contribution in [0.1, 0.15) is 52.0 Å². The number of amides is 2. The molecule has 0 aliphatic rings. The lowest BCUT2D eigenvalue weighted by molar-refractivity contribution is 0.0600. The Morgan fingerprint density at radius 3 is 2.38 bits per heavy atom. The van der Waals surface area contributed by atoms with Crippen LogP contribution in [0.5, 0.6) is 0 Å². The first-order valence-electron chi connectivity index (χ1n) is 7.98. The van der Waals surface area contributed by atoms with E-state index in [1.165, 1.54) is 31.5 Å². The van der Waals surface area contributed by atoms with Crippen LogP contribution in [0.3, 0.4) is 0 Å². The average molecular weight is 355 g/mol. The van der Waals surface area contributed by atoms with Crippen molar-refractivity contribution in [3.05, 3.63) is 59.4 Å². The van der Waals surface area contributed by atoms with Gasteiger partial charge in [0.25, 0.3) is 11.8 Å². The molecule has 0 saturated carbocycles. The molecule has 0 aliphatic carbocycles. The Hall–Kier alpha value is -3.22. The monoisotopic (exact) mass is 355 g/mol. The van der Waals surface area contributed by atoms with E-state index in [9.17, 15) is 14.4 Å². The highest BCUT2D eigenvalue weighted by Crippen LogP contribution is 2.14. The van der Waals surface area contributed by atoms with Crippen LogP contribution in [0, 0.1) is 0 Å². The van der Waals surface area contributed by atoms with Gasteiger partial charge in [-0.15, -0.1) is 0 Å². The van der Waals surface area contributed by atoms with Crippen LogP contribution in [0.25, 0.3) is 0 Å². The van der Waals surface area contributed by atoms with E-state index in [0.717, 1.165) is 0 Å². The number of carbonyl (C=O) groups is 3. The minimum Gasteiger partial charge on any atom is -0.465 e. The number of esters is 1. The highest BCUT2D eigenvalue weighted by Gasteiger charge is 2.18. The third-order valence-corrected chi connectivity index (χ3v) is 3.28. The van der Waals surface area contributed by atoms with Gasteiger partial charge in [-0.1, -0.05) is 6.07 Å². The minimum atomic E-state index is -0.494. The number of anilines is 1. The number of nitrogens with one attached hydrogen (secondary N) is 2. The van der Waals surface area contributed by atoms with Gasteiger partial charge in [-0.2, -0.15) is 0 Å². The van der Waals surface area contributed by atoms with Crippen molar-refractivity contribution in [2.24, 2.45) is 0 Å². The summed E-state index contributed by atoms with van der Waals surface area (Å²) in [6, 6.07) is 9.31. The van der Waals surface area contributed by atoms with Crippen LogP contribution >= 0.6 is 0 Å². The van der Waals surface area contributed by atoms with Gasteiger partial charge in [0, 0.05) is 23.0 Å². The molecule has 2 N–H and O–H groups in total. The second-order valence-electron chi connectivity index (χ2n) is 6.66. The zero-order valence-electron chi connectivity index (χ0n) is 15.1. The maximum absolute atomic E-state index is 12.4. The Morgan fingerprint density at radius 1 is 1.00 bits per heavy atom. The molecule has 1 aromatic heterocycles. The molecule has 1 heterocycles. The quantitative estimate of drug-likeness (QED) is 0.822. The Bertz CT molecular complexity index is 841. The Morgan fingerprint density at radius 2 is 1.73 bits per heavy atom. The topological polar surface area (TPSA) is 97.4 Å². The normalized spacial score (nSPS) is 10.8. The van der Waals surface area contributed by atoms with E-state index in [0.29, 0.717) is 11.3 Å². The fourth-order valence-electron chi connectivity index (χ4n) is 2.15. The van der Waals surface area contributed by atoms with Crippen molar-refractivity contribution in [2.75, 3.05) is 12.4 Å². The van der Waals surface area contributed by atoms with Crippen molar-refractivity contribution in [2.45, 2.75) is 26.3 Å². The summed E-state index contributed by atoms with van der Waals surface area (Å²) in [4.78, 5) is 40.2. The van der Waals surface area contributed by atoms with E-state index in [4.69, 9.17) is 0 Å². The smallest absolute Gasteiger partial charge is 0.337 e. The van der Waals surface area contributed by atoms with Gasteiger partial charge in [-0.3, -0.25) is 14.6 Å². The van der Waals surface area contributed by atoms with Crippen LogP contribution in [0.2, 0.25) is 0 Å². The lowest BCUT2D eigenvalue weighted by Crippen LogP contribution is -2.41. The molecule has 136 valence electrons. The number of hydrogen-bond acceptors (Lipinski definition) is 5. The molecule has 0 aliphatic heterocycles. The van der Waals surface area contributed by atoms with Crippen molar-refractivity contribution in [1.29, 1.82) is 0 Å². The molecule has 0 unspecified atom stereocenters. The predicted molar refractivity (Wildman–Crippen MR) is 97.2 cm³/mol. The van der Waals surface area contributed by atoms with Gasteiger partial charge < -0.3 is 15.4 Å². The van der Waals surface area contributed by atoms with Gasteiger partial charge in [0.2, 0.25) is 0 Å². The lowest BCUT2D eigenvalue weighted by Gasteiger charge is -2.20. The van der Waals surface area contributed by atoms with Crippen LogP contribution in [0.4, 0.5) is 5.69 Å². The number of ether oxygens (including phenoxy) is 1. The minimum absolute atomic E-state index is 0.149. The molecule has 0 saturated heterocycles. The molecule has 0 atom stereocenters. The van der Waals surface area contributed by atoms with E-state index in [1.54, 1.807) is 18.2 Å². The molecule has 7 heteroatoms. The predicted octanol–water partition coefficient (Wildman–Crippen LogP) is 2.65. The molecule has 0 radical (unpaired) electrons. The largest absolute Gasteiger partial charge is 0.465 e. The number of carbonyl (C=O) groups excluding carboxylic acids is 3. The first-order chi connectivity index (χ1) is 12.2. The molecule has 2 amide bonds. The molecule has 0 fully saturated rings. The molecular weight excluding hydrogens is 334 g/mol. The summed E-state index contributed by atoms with van der Waals surface area (Å²) < 4.78 is 4.66. The van der Waals surface area contributed by atoms with E-state index < -0.39 is 17.4 Å². The molecule has 2 aromatic rings. The molecule has 2 rings (SSSR count). The molecular formula is C19H21N3O4. The van der Waals surface area contributed by atoms with E-state index >= 15 is 0 Å². The first-order valence-corrected chi connectivity index (χ1v) is 7.98. The van der Waals surface area contributed by atoms with Gasteiger partial charge in [0.1, 0.15) is 5.69 Å². The Kier molecular flexibility index (Phi) is 5.71. The second kappa shape index (κ2) is 7.77. The number of benzene rings is 1. The highest BCUT2D eigenvalue weighted by atomic mass is 16.5. The summed E-state index contributed by atoms with van der Waals surface area (Å²) in [5.74, 6) is -1.27. The summed E-state index contributed by atoms with van der Waals surface area (Å²) in [5, 5.41) is 5.48.